The van der Waals surface area contributed by atoms with Gasteiger partial charge in [-0.3, -0.25) is 0 Å². The number of nitrogens with zero attached hydrogens (tertiary/aromatic N) is 1. The molecular weight excluding hydrogens is 234 g/mol. The predicted octanol–water partition coefficient (Wildman–Crippen LogP) is 2.23. The Balaban J connectivity index is 3.23. The minimum atomic E-state index is 0.0263. The zero-order chi connectivity index (χ0) is 9.84. The van der Waals surface area contributed by atoms with Gasteiger partial charge in [0.2, 0.25) is 0 Å². The number of aromatic hydroxyl groups is 1. The summed E-state index contributed by atoms with van der Waals surface area (Å²) in [6.45, 7) is 0. The second-order valence-electron chi connectivity index (χ2n) is 2.41. The van der Waals surface area contributed by atoms with Crippen molar-refractivity contribution in [2.45, 2.75) is 6.42 Å². The molecule has 0 amide bonds. The molecule has 4 heteroatoms. The number of benzene rings is 1. The summed E-state index contributed by atoms with van der Waals surface area (Å²) in [7, 11) is 1.47. The molecule has 0 heterocycles. The van der Waals surface area contributed by atoms with Gasteiger partial charge in [-0.2, -0.15) is 5.26 Å². The summed E-state index contributed by atoms with van der Waals surface area (Å²) in [5.74, 6) is 0.409. The van der Waals surface area contributed by atoms with Crippen molar-refractivity contribution < 1.29 is 9.84 Å². The van der Waals surface area contributed by atoms with Crippen LogP contribution >= 0.6 is 15.9 Å². The second kappa shape index (κ2) is 4.15. The number of methoxy groups -OCH3 is 1. The van der Waals surface area contributed by atoms with Crippen molar-refractivity contribution in [3.63, 3.8) is 0 Å². The fraction of sp³-hybridized carbons (Fsp3) is 0.222. The Bertz CT molecular complexity index is 357. The van der Waals surface area contributed by atoms with E-state index in [-0.39, 0.29) is 12.2 Å². The molecule has 0 saturated heterocycles. The molecule has 13 heavy (non-hydrogen) atoms. The number of phenolic OH excluding ortho intramolecular Hbond substituents is 1. The topological polar surface area (TPSA) is 53.2 Å². The van der Waals surface area contributed by atoms with Crippen LogP contribution in [-0.4, -0.2) is 12.2 Å². The number of nitriles is 1. The van der Waals surface area contributed by atoms with Crippen LogP contribution in [0.2, 0.25) is 0 Å². The second-order valence-corrected chi connectivity index (χ2v) is 3.27. The fourth-order valence-electron chi connectivity index (χ4n) is 1.00. The molecular formula is C9H8BrNO2. The van der Waals surface area contributed by atoms with Gasteiger partial charge < -0.3 is 9.84 Å². The van der Waals surface area contributed by atoms with Gasteiger partial charge in [-0.05, 0) is 12.1 Å². The van der Waals surface area contributed by atoms with Gasteiger partial charge in [0.05, 0.1) is 19.6 Å². The molecule has 68 valence electrons. The highest BCUT2D eigenvalue weighted by molar-refractivity contribution is 9.10. The molecule has 0 unspecified atom stereocenters. The molecule has 0 aliphatic heterocycles. The molecule has 0 bridgehead atoms. The van der Waals surface area contributed by atoms with Gasteiger partial charge in [0, 0.05) is 10.0 Å². The molecule has 0 saturated carbocycles. The minimum Gasteiger partial charge on any atom is -0.504 e. The van der Waals surface area contributed by atoms with E-state index in [2.05, 4.69) is 15.9 Å². The predicted molar refractivity (Wildman–Crippen MR) is 51.7 cm³/mol. The van der Waals surface area contributed by atoms with E-state index in [1.807, 2.05) is 6.07 Å². The maximum Gasteiger partial charge on any atom is 0.163 e. The maximum absolute atomic E-state index is 9.59. The van der Waals surface area contributed by atoms with Gasteiger partial charge in [0.15, 0.2) is 11.5 Å². The van der Waals surface area contributed by atoms with Gasteiger partial charge in [0.25, 0.3) is 0 Å². The first-order valence-corrected chi connectivity index (χ1v) is 4.41. The van der Waals surface area contributed by atoms with Crippen molar-refractivity contribution in [3.05, 3.63) is 22.2 Å². The van der Waals surface area contributed by atoms with E-state index >= 15 is 0 Å². The van der Waals surface area contributed by atoms with Crippen LogP contribution < -0.4 is 4.74 Å². The summed E-state index contributed by atoms with van der Waals surface area (Å²) in [5.41, 5.74) is 0.557. The molecule has 1 rings (SSSR count). The Morgan fingerprint density at radius 3 is 2.85 bits per heavy atom. The van der Waals surface area contributed by atoms with Crippen molar-refractivity contribution in [1.29, 1.82) is 5.26 Å². The number of ether oxygens (including phenoxy) is 1. The SMILES string of the molecule is COc1ccc(Br)c(CC#N)c1O. The molecule has 0 aliphatic carbocycles. The van der Waals surface area contributed by atoms with Crippen molar-refractivity contribution in [2.75, 3.05) is 7.11 Å². The highest BCUT2D eigenvalue weighted by atomic mass is 79.9. The maximum atomic E-state index is 9.59. The van der Waals surface area contributed by atoms with Gasteiger partial charge in [0.1, 0.15) is 0 Å². The van der Waals surface area contributed by atoms with Crippen molar-refractivity contribution in [3.8, 4) is 17.6 Å². The Hall–Kier alpha value is -1.21. The largest absolute Gasteiger partial charge is 0.504 e. The van der Waals surface area contributed by atoms with Crippen molar-refractivity contribution in [1.82, 2.24) is 0 Å². The Kier molecular flexibility index (Phi) is 3.15. The third kappa shape index (κ3) is 1.93. The molecule has 3 nitrogen and oxygen atoms in total. The molecule has 1 N–H and O–H groups in total. The van der Waals surface area contributed by atoms with E-state index in [1.54, 1.807) is 12.1 Å². The van der Waals surface area contributed by atoms with Crippen LogP contribution in [0.25, 0.3) is 0 Å². The Labute approximate surface area is 84.7 Å². The van der Waals surface area contributed by atoms with Crippen LogP contribution in [-0.2, 0) is 6.42 Å². The van der Waals surface area contributed by atoms with Gasteiger partial charge >= 0.3 is 0 Å². The van der Waals surface area contributed by atoms with Gasteiger partial charge in [-0.15, -0.1) is 0 Å². The summed E-state index contributed by atoms with van der Waals surface area (Å²) in [6.07, 6.45) is 0.156. The number of phenols is 1. The normalized spacial score (nSPS) is 9.31. The zero-order valence-electron chi connectivity index (χ0n) is 7.04. The zero-order valence-corrected chi connectivity index (χ0v) is 8.63. The van der Waals surface area contributed by atoms with Crippen LogP contribution in [0, 0.1) is 11.3 Å². The monoisotopic (exact) mass is 241 g/mol. The highest BCUT2D eigenvalue weighted by Crippen LogP contribution is 2.34. The standard InChI is InChI=1S/C9H8BrNO2/c1-13-8-3-2-7(10)6(4-5-11)9(8)12/h2-3,12H,4H2,1H3. The number of hydrogen-bond acceptors (Lipinski definition) is 3. The third-order valence-corrected chi connectivity index (χ3v) is 2.41. The summed E-state index contributed by atoms with van der Waals surface area (Å²) in [6, 6.07) is 5.35. The minimum absolute atomic E-state index is 0.0263. The van der Waals surface area contributed by atoms with E-state index in [1.165, 1.54) is 7.11 Å². The lowest BCUT2D eigenvalue weighted by Crippen LogP contribution is -1.90. The number of rotatable bonds is 2. The first kappa shape index (κ1) is 9.87. The Morgan fingerprint density at radius 1 is 1.62 bits per heavy atom. The molecule has 0 aromatic heterocycles. The number of hydrogen-bond donors (Lipinski definition) is 1. The third-order valence-electron chi connectivity index (χ3n) is 1.66. The van der Waals surface area contributed by atoms with E-state index in [4.69, 9.17) is 10.00 Å². The van der Waals surface area contributed by atoms with Crippen LogP contribution in [0.3, 0.4) is 0 Å². The van der Waals surface area contributed by atoms with Crippen LogP contribution in [0.1, 0.15) is 5.56 Å². The molecule has 0 atom stereocenters. The van der Waals surface area contributed by atoms with Crippen LogP contribution in [0.5, 0.6) is 11.5 Å². The van der Waals surface area contributed by atoms with Crippen LogP contribution in [0.4, 0.5) is 0 Å². The van der Waals surface area contributed by atoms with Gasteiger partial charge in [-0.1, -0.05) is 15.9 Å². The average Bonchev–Trinajstić information content (AvgIpc) is 2.12. The van der Waals surface area contributed by atoms with Gasteiger partial charge in [-0.25, -0.2) is 0 Å². The summed E-state index contributed by atoms with van der Waals surface area (Å²) in [4.78, 5) is 0. The molecule has 0 spiro atoms. The Morgan fingerprint density at radius 2 is 2.31 bits per heavy atom. The molecule has 1 aromatic rings. The summed E-state index contributed by atoms with van der Waals surface area (Å²) in [5, 5.41) is 18.1. The number of halogens is 1. The first-order valence-electron chi connectivity index (χ1n) is 3.62. The van der Waals surface area contributed by atoms with E-state index in [0.29, 0.717) is 15.8 Å². The fourth-order valence-corrected chi connectivity index (χ4v) is 1.46. The molecule has 0 fully saturated rings. The molecule has 1 aromatic carbocycles. The lowest BCUT2D eigenvalue weighted by Gasteiger charge is -2.07. The smallest absolute Gasteiger partial charge is 0.163 e. The molecule has 0 radical (unpaired) electrons. The van der Waals surface area contributed by atoms with Crippen molar-refractivity contribution >= 4 is 15.9 Å². The first-order chi connectivity index (χ1) is 6.20. The molecule has 0 aliphatic rings. The van der Waals surface area contributed by atoms with E-state index in [9.17, 15) is 5.11 Å². The van der Waals surface area contributed by atoms with E-state index < -0.39 is 0 Å². The highest BCUT2D eigenvalue weighted by Gasteiger charge is 2.10. The summed E-state index contributed by atoms with van der Waals surface area (Å²) >= 11 is 3.24. The summed E-state index contributed by atoms with van der Waals surface area (Å²) < 4.78 is 5.62. The van der Waals surface area contributed by atoms with Crippen LogP contribution in [0.15, 0.2) is 16.6 Å². The quantitative estimate of drug-likeness (QED) is 0.865. The van der Waals surface area contributed by atoms with Crippen molar-refractivity contribution in [2.24, 2.45) is 0 Å². The average molecular weight is 242 g/mol. The lowest BCUT2D eigenvalue weighted by molar-refractivity contribution is 0.371. The van der Waals surface area contributed by atoms with E-state index in [0.717, 1.165) is 0 Å². The lowest BCUT2D eigenvalue weighted by atomic mass is 10.1.